The van der Waals surface area contributed by atoms with Gasteiger partial charge in [0.1, 0.15) is 18.0 Å². The third-order valence-electron chi connectivity index (χ3n) is 3.77. The van der Waals surface area contributed by atoms with E-state index in [4.69, 9.17) is 18.9 Å². The third kappa shape index (κ3) is 2.41. The first-order valence-electron chi connectivity index (χ1n) is 7.07. The average molecular weight is 296 g/mol. The van der Waals surface area contributed by atoms with Crippen molar-refractivity contribution in [2.24, 2.45) is 11.3 Å². The molecule has 0 amide bonds. The highest BCUT2D eigenvalue weighted by Gasteiger charge is 2.60. The zero-order valence-electron chi connectivity index (χ0n) is 12.8. The molecule has 0 bridgehead atoms. The Morgan fingerprint density at radius 1 is 1.29 bits per heavy atom. The number of carbonyl (C=O) groups excluding carboxylic acids is 2. The molecule has 4 atom stereocenters. The van der Waals surface area contributed by atoms with Crippen LogP contribution in [0.1, 0.15) is 34.6 Å². The van der Waals surface area contributed by atoms with Crippen molar-refractivity contribution in [1.29, 1.82) is 0 Å². The van der Waals surface area contributed by atoms with Crippen LogP contribution in [0.5, 0.6) is 0 Å². The summed E-state index contributed by atoms with van der Waals surface area (Å²) in [6.45, 7) is 8.81. The summed E-state index contributed by atoms with van der Waals surface area (Å²) in [5.74, 6) is -1.56. The predicted molar refractivity (Wildman–Crippen MR) is 70.8 cm³/mol. The maximum absolute atomic E-state index is 12.2. The van der Waals surface area contributed by atoms with E-state index in [0.29, 0.717) is 0 Å². The molecule has 1 aliphatic carbocycles. The molecule has 116 valence electrons. The maximum atomic E-state index is 12.2. The second-order valence-corrected chi connectivity index (χ2v) is 7.14. The van der Waals surface area contributed by atoms with Gasteiger partial charge in [0, 0.05) is 6.08 Å². The Kier molecular flexibility index (Phi) is 3.06. The van der Waals surface area contributed by atoms with Gasteiger partial charge < -0.3 is 18.9 Å². The highest BCUT2D eigenvalue weighted by Crippen LogP contribution is 2.46. The van der Waals surface area contributed by atoms with Gasteiger partial charge in [-0.25, -0.2) is 0 Å². The Bertz CT molecular complexity index is 527. The highest BCUT2D eigenvalue weighted by molar-refractivity contribution is 5.97. The summed E-state index contributed by atoms with van der Waals surface area (Å²) in [6.07, 6.45) is -0.324. The molecule has 0 aromatic heterocycles. The normalized spacial score (nSPS) is 37.2. The molecule has 3 aliphatic rings. The molecular formula is C15H20O6. The molecule has 3 rings (SSSR count). The number of ether oxygens (including phenoxy) is 4. The number of fused-ring (bicyclic) bond motifs is 3. The summed E-state index contributed by atoms with van der Waals surface area (Å²) in [4.78, 5) is 24.1. The molecule has 2 aliphatic heterocycles. The fourth-order valence-corrected chi connectivity index (χ4v) is 2.73. The van der Waals surface area contributed by atoms with Gasteiger partial charge >= 0.3 is 5.97 Å². The SMILES string of the molecule is CC1(C)O[C@H]2O[C@@H]3C(OC(=O)C(C)(C)C)=CC(=O)[C@@H]3[C@H]2O1. The van der Waals surface area contributed by atoms with Crippen LogP contribution in [0.3, 0.4) is 0 Å². The summed E-state index contributed by atoms with van der Waals surface area (Å²) in [5.41, 5.74) is -0.647. The van der Waals surface area contributed by atoms with Gasteiger partial charge in [-0.15, -0.1) is 0 Å². The third-order valence-corrected chi connectivity index (χ3v) is 3.77. The van der Waals surface area contributed by atoms with Crippen molar-refractivity contribution in [1.82, 2.24) is 0 Å². The van der Waals surface area contributed by atoms with E-state index in [1.54, 1.807) is 34.6 Å². The zero-order chi connectivity index (χ0) is 15.6. The number of esters is 1. The summed E-state index contributed by atoms with van der Waals surface area (Å²) >= 11 is 0. The van der Waals surface area contributed by atoms with E-state index in [-0.39, 0.29) is 11.5 Å². The molecular weight excluding hydrogens is 276 g/mol. The molecule has 0 unspecified atom stereocenters. The molecule has 0 saturated carbocycles. The lowest BCUT2D eigenvalue weighted by Gasteiger charge is -2.23. The van der Waals surface area contributed by atoms with Crippen LogP contribution < -0.4 is 0 Å². The molecule has 0 aromatic rings. The molecule has 6 nitrogen and oxygen atoms in total. The Morgan fingerprint density at radius 3 is 2.57 bits per heavy atom. The molecule has 6 heteroatoms. The van der Waals surface area contributed by atoms with Gasteiger partial charge in [-0.2, -0.15) is 0 Å². The van der Waals surface area contributed by atoms with Gasteiger partial charge in [0.2, 0.25) is 0 Å². The highest BCUT2D eigenvalue weighted by atomic mass is 16.8. The van der Waals surface area contributed by atoms with Crippen molar-refractivity contribution in [2.45, 2.75) is 58.9 Å². The maximum Gasteiger partial charge on any atom is 0.316 e. The van der Waals surface area contributed by atoms with Gasteiger partial charge in [0.25, 0.3) is 0 Å². The topological polar surface area (TPSA) is 71.1 Å². The van der Waals surface area contributed by atoms with Crippen LogP contribution in [0.2, 0.25) is 0 Å². The second kappa shape index (κ2) is 4.38. The number of rotatable bonds is 1. The van der Waals surface area contributed by atoms with E-state index >= 15 is 0 Å². The molecule has 0 radical (unpaired) electrons. The lowest BCUT2D eigenvalue weighted by molar-refractivity contribution is -0.208. The first-order chi connectivity index (χ1) is 9.58. The molecule has 2 saturated heterocycles. The first kappa shape index (κ1) is 14.7. The average Bonchev–Trinajstić information content (AvgIpc) is 2.86. The van der Waals surface area contributed by atoms with Crippen LogP contribution in [-0.2, 0) is 28.5 Å². The zero-order valence-corrected chi connectivity index (χ0v) is 12.8. The van der Waals surface area contributed by atoms with Crippen LogP contribution in [0.15, 0.2) is 11.8 Å². The summed E-state index contributed by atoms with van der Waals surface area (Å²) in [6, 6.07) is 0. The lowest BCUT2D eigenvalue weighted by atomic mass is 9.97. The fourth-order valence-electron chi connectivity index (χ4n) is 2.73. The predicted octanol–water partition coefficient (Wildman–Crippen LogP) is 1.53. The number of hydrogen-bond acceptors (Lipinski definition) is 6. The molecule has 2 heterocycles. The Hall–Kier alpha value is -1.24. The summed E-state index contributed by atoms with van der Waals surface area (Å²) < 4.78 is 22.4. The lowest BCUT2D eigenvalue weighted by Crippen LogP contribution is -2.33. The molecule has 2 fully saturated rings. The van der Waals surface area contributed by atoms with E-state index < -0.39 is 41.6 Å². The van der Waals surface area contributed by atoms with E-state index in [1.165, 1.54) is 6.08 Å². The number of ketones is 1. The quantitative estimate of drug-likeness (QED) is 0.683. The van der Waals surface area contributed by atoms with E-state index in [1.807, 2.05) is 0 Å². The van der Waals surface area contributed by atoms with Crippen LogP contribution in [0.4, 0.5) is 0 Å². The first-order valence-corrected chi connectivity index (χ1v) is 7.07. The van der Waals surface area contributed by atoms with Crippen molar-refractivity contribution >= 4 is 11.8 Å². The minimum atomic E-state index is -0.772. The number of allylic oxidation sites excluding steroid dienone is 1. The monoisotopic (exact) mass is 296 g/mol. The standard InChI is InChI=1S/C15H20O6/c1-14(2,3)13(17)18-8-6-7(16)9-10(8)19-12-11(9)20-15(4,5)21-12/h6,9-12H,1-5H3/t9-,10+,11+,12+/m0/s1. The van der Waals surface area contributed by atoms with E-state index in [2.05, 4.69) is 0 Å². The van der Waals surface area contributed by atoms with E-state index in [9.17, 15) is 9.59 Å². The Labute approximate surface area is 123 Å². The van der Waals surface area contributed by atoms with Crippen molar-refractivity contribution in [3.8, 4) is 0 Å². The van der Waals surface area contributed by atoms with Crippen LogP contribution in [-0.4, -0.2) is 36.0 Å². The smallest absolute Gasteiger partial charge is 0.316 e. The van der Waals surface area contributed by atoms with Crippen LogP contribution in [0.25, 0.3) is 0 Å². The largest absolute Gasteiger partial charge is 0.428 e. The van der Waals surface area contributed by atoms with Gasteiger partial charge in [0.15, 0.2) is 17.9 Å². The van der Waals surface area contributed by atoms with Crippen LogP contribution in [0, 0.1) is 11.3 Å². The van der Waals surface area contributed by atoms with Gasteiger partial charge in [0.05, 0.1) is 11.3 Å². The summed E-state index contributed by atoms with van der Waals surface area (Å²) in [5, 5.41) is 0. The van der Waals surface area contributed by atoms with Gasteiger partial charge in [-0.05, 0) is 34.6 Å². The van der Waals surface area contributed by atoms with E-state index in [0.717, 1.165) is 0 Å². The minimum Gasteiger partial charge on any atom is -0.428 e. The van der Waals surface area contributed by atoms with Crippen molar-refractivity contribution in [2.75, 3.05) is 0 Å². The minimum absolute atomic E-state index is 0.148. The van der Waals surface area contributed by atoms with Crippen LogP contribution >= 0.6 is 0 Å². The molecule has 0 spiro atoms. The summed E-state index contributed by atoms with van der Waals surface area (Å²) in [7, 11) is 0. The number of carbonyl (C=O) groups is 2. The van der Waals surface area contributed by atoms with Crippen molar-refractivity contribution in [3.05, 3.63) is 11.8 Å². The van der Waals surface area contributed by atoms with Crippen molar-refractivity contribution < 1.29 is 28.5 Å². The van der Waals surface area contributed by atoms with Gasteiger partial charge in [-0.3, -0.25) is 9.59 Å². The molecule has 0 aromatic carbocycles. The second-order valence-electron chi connectivity index (χ2n) is 7.14. The number of hydrogen-bond donors (Lipinski definition) is 0. The molecule has 0 N–H and O–H groups in total. The van der Waals surface area contributed by atoms with Crippen molar-refractivity contribution in [3.63, 3.8) is 0 Å². The fraction of sp³-hybridized carbons (Fsp3) is 0.733. The van der Waals surface area contributed by atoms with Gasteiger partial charge in [-0.1, -0.05) is 0 Å². The Balaban J connectivity index is 1.76. The Morgan fingerprint density at radius 2 is 1.95 bits per heavy atom. The molecule has 21 heavy (non-hydrogen) atoms.